The number of hydrogen-bond donors (Lipinski definition) is 0. The summed E-state index contributed by atoms with van der Waals surface area (Å²) >= 11 is 0. The first-order chi connectivity index (χ1) is 15.2. The fourth-order valence-corrected chi connectivity index (χ4v) is 3.90. The van der Waals surface area contributed by atoms with Crippen molar-refractivity contribution in [3.63, 3.8) is 0 Å². The summed E-state index contributed by atoms with van der Waals surface area (Å²) in [6.07, 6.45) is -0.561. The number of nitrogens with zero attached hydrogens (tertiary/aromatic N) is 3. The van der Waals surface area contributed by atoms with Crippen LogP contribution in [0.4, 0.5) is 10.5 Å². The normalized spacial score (nSPS) is 20.7. The van der Waals surface area contributed by atoms with Gasteiger partial charge in [0.2, 0.25) is 5.91 Å². The number of carbonyl (C=O) groups is 3. The molecule has 2 heterocycles. The van der Waals surface area contributed by atoms with Crippen LogP contribution < -0.4 is 9.64 Å². The molecule has 3 amide bonds. The van der Waals surface area contributed by atoms with Gasteiger partial charge in [-0.05, 0) is 45.0 Å². The van der Waals surface area contributed by atoms with Gasteiger partial charge in [0, 0.05) is 12.0 Å². The number of fused-ring (bicyclic) bond motifs is 1. The first-order valence-electron chi connectivity index (χ1n) is 10.4. The van der Waals surface area contributed by atoms with Crippen LogP contribution in [0.15, 0.2) is 59.7 Å². The molecule has 2 aromatic rings. The van der Waals surface area contributed by atoms with Gasteiger partial charge < -0.3 is 9.47 Å². The number of anilines is 1. The minimum atomic E-state index is -1.06. The number of imide groups is 1. The molecule has 0 bridgehead atoms. The first kappa shape index (κ1) is 21.5. The lowest BCUT2D eigenvalue weighted by atomic mass is 9.91. The molecular weight excluding hydrogens is 410 g/mol. The Morgan fingerprint density at radius 1 is 1.03 bits per heavy atom. The predicted molar refractivity (Wildman–Crippen MR) is 118 cm³/mol. The monoisotopic (exact) mass is 435 g/mol. The summed E-state index contributed by atoms with van der Waals surface area (Å²) < 4.78 is 10.8. The second-order valence-corrected chi connectivity index (χ2v) is 8.71. The third kappa shape index (κ3) is 3.95. The van der Waals surface area contributed by atoms with Crippen LogP contribution in [0.5, 0.6) is 5.75 Å². The summed E-state index contributed by atoms with van der Waals surface area (Å²) in [6, 6.07) is 14.8. The van der Waals surface area contributed by atoms with Crippen molar-refractivity contribution in [3.8, 4) is 5.75 Å². The number of amides is 3. The number of methoxy groups -OCH3 is 1. The van der Waals surface area contributed by atoms with Gasteiger partial charge in [0.15, 0.2) is 6.04 Å². The third-order valence-electron chi connectivity index (χ3n) is 5.30. The number of para-hydroxylation sites is 1. The first-order valence-corrected chi connectivity index (χ1v) is 10.4. The highest BCUT2D eigenvalue weighted by atomic mass is 16.6. The van der Waals surface area contributed by atoms with Crippen molar-refractivity contribution in [2.75, 3.05) is 12.0 Å². The molecule has 8 heteroatoms. The van der Waals surface area contributed by atoms with E-state index in [2.05, 4.69) is 5.10 Å². The second kappa shape index (κ2) is 8.11. The standard InChI is InChI=1S/C24H25N3O5/c1-24(2,3)32-23(30)27-20-18(14-19(25-27)15-9-8-12-17(13-15)31-4)21(28)26(22(20)29)16-10-6-5-7-11-16/h5-13,18,20H,14H2,1-4H3. The van der Waals surface area contributed by atoms with E-state index in [0.29, 0.717) is 22.7 Å². The van der Waals surface area contributed by atoms with Gasteiger partial charge in [0.25, 0.3) is 5.91 Å². The van der Waals surface area contributed by atoms with Crippen molar-refractivity contribution in [1.29, 1.82) is 0 Å². The average Bonchev–Trinajstić information content (AvgIpc) is 3.02. The van der Waals surface area contributed by atoms with E-state index in [1.807, 2.05) is 6.07 Å². The molecule has 166 valence electrons. The van der Waals surface area contributed by atoms with Crippen molar-refractivity contribution in [2.24, 2.45) is 11.0 Å². The zero-order chi connectivity index (χ0) is 23.0. The predicted octanol–water partition coefficient (Wildman–Crippen LogP) is 3.60. The molecule has 1 fully saturated rings. The van der Waals surface area contributed by atoms with Gasteiger partial charge in [-0.15, -0.1) is 0 Å². The molecule has 0 saturated carbocycles. The van der Waals surface area contributed by atoms with Gasteiger partial charge in [-0.1, -0.05) is 30.3 Å². The van der Waals surface area contributed by atoms with E-state index in [1.165, 1.54) is 0 Å². The SMILES string of the molecule is COc1cccc(C2=NN(C(=O)OC(C)(C)C)C3C(=O)N(c4ccccc4)C(=O)C3C2)c1. The maximum absolute atomic E-state index is 13.4. The molecule has 0 aliphatic carbocycles. The molecule has 2 aliphatic rings. The number of hydrogen-bond acceptors (Lipinski definition) is 6. The van der Waals surface area contributed by atoms with Crippen molar-refractivity contribution in [1.82, 2.24) is 5.01 Å². The third-order valence-corrected chi connectivity index (χ3v) is 5.30. The number of ether oxygens (including phenoxy) is 2. The minimum absolute atomic E-state index is 0.213. The minimum Gasteiger partial charge on any atom is -0.497 e. The van der Waals surface area contributed by atoms with Gasteiger partial charge in [-0.25, -0.2) is 9.69 Å². The second-order valence-electron chi connectivity index (χ2n) is 8.71. The van der Waals surface area contributed by atoms with Crippen LogP contribution in [0, 0.1) is 5.92 Å². The smallest absolute Gasteiger partial charge is 0.431 e. The molecule has 2 aromatic carbocycles. The van der Waals surface area contributed by atoms with Gasteiger partial charge in [-0.2, -0.15) is 10.1 Å². The highest BCUT2D eigenvalue weighted by Crippen LogP contribution is 2.37. The van der Waals surface area contributed by atoms with Crippen LogP contribution in [-0.4, -0.2) is 47.4 Å². The number of carbonyl (C=O) groups excluding carboxylic acids is 3. The Hall–Kier alpha value is -3.68. The van der Waals surface area contributed by atoms with E-state index in [-0.39, 0.29) is 12.3 Å². The Labute approximate surface area is 186 Å². The van der Waals surface area contributed by atoms with Gasteiger partial charge in [-0.3, -0.25) is 9.59 Å². The zero-order valence-corrected chi connectivity index (χ0v) is 18.4. The number of benzene rings is 2. The van der Waals surface area contributed by atoms with Gasteiger partial charge >= 0.3 is 6.09 Å². The van der Waals surface area contributed by atoms with E-state index in [0.717, 1.165) is 9.91 Å². The highest BCUT2D eigenvalue weighted by molar-refractivity contribution is 6.25. The molecule has 2 unspecified atom stereocenters. The lowest BCUT2D eigenvalue weighted by Gasteiger charge is -2.32. The Kier molecular flexibility index (Phi) is 5.46. The largest absolute Gasteiger partial charge is 0.497 e. The molecule has 8 nitrogen and oxygen atoms in total. The molecule has 0 radical (unpaired) electrons. The summed E-state index contributed by atoms with van der Waals surface area (Å²) in [5.41, 5.74) is 0.881. The Morgan fingerprint density at radius 3 is 2.41 bits per heavy atom. The Balaban J connectivity index is 1.77. The summed E-state index contributed by atoms with van der Waals surface area (Å²) in [5, 5.41) is 5.51. The van der Waals surface area contributed by atoms with Crippen molar-refractivity contribution >= 4 is 29.3 Å². The molecule has 32 heavy (non-hydrogen) atoms. The van der Waals surface area contributed by atoms with Crippen LogP contribution in [0.1, 0.15) is 32.8 Å². The van der Waals surface area contributed by atoms with E-state index < -0.39 is 29.6 Å². The number of hydrazone groups is 1. The average molecular weight is 435 g/mol. The molecule has 2 atom stereocenters. The molecule has 0 spiro atoms. The maximum atomic E-state index is 13.4. The Morgan fingerprint density at radius 2 is 1.75 bits per heavy atom. The van der Waals surface area contributed by atoms with Crippen LogP contribution in [-0.2, 0) is 14.3 Å². The van der Waals surface area contributed by atoms with Crippen LogP contribution >= 0.6 is 0 Å². The van der Waals surface area contributed by atoms with Crippen molar-refractivity contribution in [2.45, 2.75) is 38.8 Å². The summed E-state index contributed by atoms with van der Waals surface area (Å²) in [6.45, 7) is 5.20. The van der Waals surface area contributed by atoms with E-state index in [9.17, 15) is 14.4 Å². The molecule has 0 N–H and O–H groups in total. The van der Waals surface area contributed by atoms with E-state index in [4.69, 9.17) is 9.47 Å². The van der Waals surface area contributed by atoms with E-state index >= 15 is 0 Å². The zero-order valence-electron chi connectivity index (χ0n) is 18.4. The molecular formula is C24H25N3O5. The topological polar surface area (TPSA) is 88.5 Å². The molecule has 4 rings (SSSR count). The van der Waals surface area contributed by atoms with Crippen LogP contribution in [0.2, 0.25) is 0 Å². The fourth-order valence-electron chi connectivity index (χ4n) is 3.90. The summed E-state index contributed by atoms with van der Waals surface area (Å²) in [4.78, 5) is 40.9. The van der Waals surface area contributed by atoms with Crippen molar-refractivity contribution < 1.29 is 23.9 Å². The van der Waals surface area contributed by atoms with Gasteiger partial charge in [0.1, 0.15) is 11.4 Å². The fraction of sp³-hybridized carbons (Fsp3) is 0.333. The van der Waals surface area contributed by atoms with Crippen LogP contribution in [0.25, 0.3) is 0 Å². The number of rotatable bonds is 3. The lowest BCUT2D eigenvalue weighted by molar-refractivity contribution is -0.123. The lowest BCUT2D eigenvalue weighted by Crippen LogP contribution is -2.49. The maximum Gasteiger partial charge on any atom is 0.431 e. The highest BCUT2D eigenvalue weighted by Gasteiger charge is 2.55. The van der Waals surface area contributed by atoms with Gasteiger partial charge in [0.05, 0.1) is 24.4 Å². The summed E-state index contributed by atoms with van der Waals surface area (Å²) in [7, 11) is 1.56. The Bertz CT molecular complexity index is 1090. The van der Waals surface area contributed by atoms with Crippen molar-refractivity contribution in [3.05, 3.63) is 60.2 Å². The van der Waals surface area contributed by atoms with Crippen LogP contribution in [0.3, 0.4) is 0 Å². The molecule has 0 aromatic heterocycles. The molecule has 1 saturated heterocycles. The quantitative estimate of drug-likeness (QED) is 0.688. The summed E-state index contributed by atoms with van der Waals surface area (Å²) in [5.74, 6) is -1.01. The van der Waals surface area contributed by atoms with E-state index in [1.54, 1.807) is 76.4 Å². The molecule has 2 aliphatic heterocycles.